The van der Waals surface area contributed by atoms with Gasteiger partial charge in [-0.15, -0.1) is 0 Å². The Hall–Kier alpha value is -1.98. The molecule has 0 fully saturated rings. The Labute approximate surface area is 121 Å². The second-order valence-electron chi connectivity index (χ2n) is 4.41. The maximum Gasteiger partial charge on any atom is 0.273 e. The minimum Gasteiger partial charge on any atom is -0.306 e. The molecule has 1 aromatic carbocycles. The molecule has 2 rings (SSSR count). The molecule has 0 spiro atoms. The molecule has 1 N–H and O–H groups in total. The number of aromatic nitrogens is 1. The number of hydrogen-bond donors (Lipinski definition) is 1. The molecule has 1 heterocycles. The average Bonchev–Trinajstić information content (AvgIpc) is 2.45. The number of halogens is 1. The lowest BCUT2D eigenvalue weighted by Crippen LogP contribution is -2.18. The zero-order valence-electron chi connectivity index (χ0n) is 10.9. The van der Waals surface area contributed by atoms with Crippen LogP contribution in [0.1, 0.15) is 24.1 Å². The van der Waals surface area contributed by atoms with E-state index < -0.39 is 4.92 Å². The van der Waals surface area contributed by atoms with Gasteiger partial charge in [-0.2, -0.15) is 0 Å². The monoisotopic (exact) mass is 291 g/mol. The Morgan fingerprint density at radius 2 is 2.05 bits per heavy atom. The molecule has 6 heteroatoms. The van der Waals surface area contributed by atoms with Crippen LogP contribution in [0, 0.1) is 10.1 Å². The van der Waals surface area contributed by atoms with Gasteiger partial charge in [-0.25, -0.2) is 0 Å². The predicted molar refractivity (Wildman–Crippen MR) is 77.6 cm³/mol. The van der Waals surface area contributed by atoms with Crippen LogP contribution in [-0.4, -0.2) is 9.91 Å². The Kier molecular flexibility index (Phi) is 4.65. The van der Waals surface area contributed by atoms with Gasteiger partial charge in [0.15, 0.2) is 0 Å². The van der Waals surface area contributed by atoms with Gasteiger partial charge in [-0.05, 0) is 36.8 Å². The summed E-state index contributed by atoms with van der Waals surface area (Å²) in [6, 6.07) is 8.45. The van der Waals surface area contributed by atoms with E-state index in [2.05, 4.69) is 10.3 Å². The van der Waals surface area contributed by atoms with Crippen LogP contribution in [0.4, 0.5) is 5.69 Å². The first-order chi connectivity index (χ1) is 9.58. The average molecular weight is 292 g/mol. The van der Waals surface area contributed by atoms with Crippen LogP contribution < -0.4 is 5.32 Å². The maximum absolute atomic E-state index is 11.0. The first-order valence-corrected chi connectivity index (χ1v) is 6.52. The number of benzene rings is 1. The van der Waals surface area contributed by atoms with E-state index >= 15 is 0 Å². The molecule has 0 saturated carbocycles. The summed E-state index contributed by atoms with van der Waals surface area (Å²) < 4.78 is 0. The maximum atomic E-state index is 11.0. The second kappa shape index (κ2) is 6.45. The molecule has 104 valence electrons. The van der Waals surface area contributed by atoms with Crippen molar-refractivity contribution in [2.75, 3.05) is 0 Å². The van der Waals surface area contributed by atoms with Gasteiger partial charge in [0, 0.05) is 41.6 Å². The van der Waals surface area contributed by atoms with Gasteiger partial charge < -0.3 is 5.32 Å². The summed E-state index contributed by atoms with van der Waals surface area (Å²) >= 11 is 5.90. The van der Waals surface area contributed by atoms with Gasteiger partial charge in [-0.1, -0.05) is 11.6 Å². The van der Waals surface area contributed by atoms with Crippen molar-refractivity contribution < 1.29 is 4.92 Å². The van der Waals surface area contributed by atoms with Gasteiger partial charge in [0.25, 0.3) is 5.69 Å². The topological polar surface area (TPSA) is 68.1 Å². The van der Waals surface area contributed by atoms with E-state index in [-0.39, 0.29) is 11.7 Å². The molecule has 1 atom stereocenters. The van der Waals surface area contributed by atoms with Crippen LogP contribution in [0.3, 0.4) is 0 Å². The fraction of sp³-hybridized carbons (Fsp3) is 0.214. The Morgan fingerprint density at radius 3 is 2.70 bits per heavy atom. The van der Waals surface area contributed by atoms with Crippen molar-refractivity contribution in [1.29, 1.82) is 0 Å². The van der Waals surface area contributed by atoms with E-state index in [0.717, 1.165) is 5.56 Å². The van der Waals surface area contributed by atoms with E-state index in [0.29, 0.717) is 17.1 Å². The minimum atomic E-state index is -0.398. The number of nitro groups is 1. The molecule has 0 aliphatic carbocycles. The first-order valence-electron chi connectivity index (χ1n) is 6.14. The van der Waals surface area contributed by atoms with E-state index in [1.807, 2.05) is 19.1 Å². The third-order valence-electron chi connectivity index (χ3n) is 3.04. The lowest BCUT2D eigenvalue weighted by atomic mass is 10.1. The van der Waals surface area contributed by atoms with Crippen LogP contribution in [0.5, 0.6) is 0 Å². The summed E-state index contributed by atoms with van der Waals surface area (Å²) in [5.41, 5.74) is 1.72. The van der Waals surface area contributed by atoms with Crippen molar-refractivity contribution in [3.8, 4) is 0 Å². The smallest absolute Gasteiger partial charge is 0.273 e. The van der Waals surface area contributed by atoms with Gasteiger partial charge in [0.2, 0.25) is 0 Å². The van der Waals surface area contributed by atoms with Gasteiger partial charge in [0.05, 0.1) is 4.92 Å². The van der Waals surface area contributed by atoms with Crippen molar-refractivity contribution in [2.45, 2.75) is 19.5 Å². The number of rotatable bonds is 5. The highest BCUT2D eigenvalue weighted by Gasteiger charge is 2.14. The molecule has 0 saturated heterocycles. The molecule has 0 bridgehead atoms. The summed E-state index contributed by atoms with van der Waals surface area (Å²) in [6.45, 7) is 2.37. The van der Waals surface area contributed by atoms with Crippen LogP contribution in [0.25, 0.3) is 0 Å². The van der Waals surface area contributed by atoms with E-state index in [1.165, 1.54) is 12.1 Å². The molecule has 0 radical (unpaired) electrons. The number of nitrogens with one attached hydrogen (secondary N) is 1. The molecule has 0 amide bonds. The molecule has 20 heavy (non-hydrogen) atoms. The minimum absolute atomic E-state index is 0.0663. The normalized spacial score (nSPS) is 12.1. The van der Waals surface area contributed by atoms with Gasteiger partial charge >= 0.3 is 0 Å². The number of pyridine rings is 1. The number of nitrogens with zero attached hydrogens (tertiary/aromatic N) is 2. The summed E-state index contributed by atoms with van der Waals surface area (Å²) in [5.74, 6) is 0. The fourth-order valence-electron chi connectivity index (χ4n) is 1.91. The standard InChI is InChI=1S/C14H14ClN3O2/c1-10(11-4-6-16-7-5-11)17-9-12-8-13(15)2-3-14(12)18(19)20/h2-8,10,17H,9H2,1H3/t10-/m0/s1. The molecule has 1 aromatic heterocycles. The molecule has 5 nitrogen and oxygen atoms in total. The van der Waals surface area contributed by atoms with E-state index in [4.69, 9.17) is 11.6 Å². The van der Waals surface area contributed by atoms with Gasteiger partial charge in [0.1, 0.15) is 0 Å². The van der Waals surface area contributed by atoms with Crippen LogP contribution in [0.15, 0.2) is 42.7 Å². The van der Waals surface area contributed by atoms with E-state index in [9.17, 15) is 10.1 Å². The van der Waals surface area contributed by atoms with E-state index in [1.54, 1.807) is 18.5 Å². The second-order valence-corrected chi connectivity index (χ2v) is 4.85. The van der Waals surface area contributed by atoms with Crippen molar-refractivity contribution >= 4 is 17.3 Å². The first kappa shape index (κ1) is 14.4. The molecule has 2 aromatic rings. The van der Waals surface area contributed by atoms with Crippen molar-refractivity contribution in [1.82, 2.24) is 10.3 Å². The number of nitro benzene ring substituents is 1. The van der Waals surface area contributed by atoms with Crippen LogP contribution in [0.2, 0.25) is 5.02 Å². The fourth-order valence-corrected chi connectivity index (χ4v) is 2.10. The quantitative estimate of drug-likeness (QED) is 0.676. The van der Waals surface area contributed by atoms with Crippen LogP contribution in [-0.2, 0) is 6.54 Å². The van der Waals surface area contributed by atoms with Crippen molar-refractivity contribution in [3.63, 3.8) is 0 Å². The summed E-state index contributed by atoms with van der Waals surface area (Å²) in [5, 5.41) is 14.7. The largest absolute Gasteiger partial charge is 0.306 e. The Morgan fingerprint density at radius 1 is 1.35 bits per heavy atom. The lowest BCUT2D eigenvalue weighted by molar-refractivity contribution is -0.385. The Bertz CT molecular complexity index is 605. The summed E-state index contributed by atoms with van der Waals surface area (Å²) in [6.07, 6.45) is 3.44. The lowest BCUT2D eigenvalue weighted by Gasteiger charge is -2.14. The molecular formula is C14H14ClN3O2. The SMILES string of the molecule is C[C@H](NCc1cc(Cl)ccc1[N+](=O)[O-])c1ccncc1. The van der Waals surface area contributed by atoms with Crippen molar-refractivity contribution in [2.24, 2.45) is 0 Å². The van der Waals surface area contributed by atoms with Crippen LogP contribution >= 0.6 is 11.6 Å². The predicted octanol–water partition coefficient (Wildman–Crippen LogP) is 3.49. The summed E-state index contributed by atoms with van der Waals surface area (Å²) in [7, 11) is 0. The molecular weight excluding hydrogens is 278 g/mol. The third kappa shape index (κ3) is 3.53. The summed E-state index contributed by atoms with van der Waals surface area (Å²) in [4.78, 5) is 14.5. The zero-order chi connectivity index (χ0) is 14.5. The molecule has 0 aliphatic rings. The Balaban J connectivity index is 2.11. The van der Waals surface area contributed by atoms with Gasteiger partial charge in [-0.3, -0.25) is 15.1 Å². The highest BCUT2D eigenvalue weighted by atomic mass is 35.5. The zero-order valence-corrected chi connectivity index (χ0v) is 11.7. The number of hydrogen-bond acceptors (Lipinski definition) is 4. The molecule has 0 unspecified atom stereocenters. The molecule has 0 aliphatic heterocycles. The highest BCUT2D eigenvalue weighted by Crippen LogP contribution is 2.23. The highest BCUT2D eigenvalue weighted by molar-refractivity contribution is 6.30. The van der Waals surface area contributed by atoms with Crippen molar-refractivity contribution in [3.05, 3.63) is 69.0 Å². The third-order valence-corrected chi connectivity index (χ3v) is 3.28.